The predicted molar refractivity (Wildman–Crippen MR) is 82.8 cm³/mol. The van der Waals surface area contributed by atoms with Crippen molar-refractivity contribution in [2.45, 2.75) is 65.5 Å². The van der Waals surface area contributed by atoms with Crippen LogP contribution in [0, 0.1) is 5.41 Å². The van der Waals surface area contributed by atoms with E-state index in [0.29, 0.717) is 11.5 Å². The molecule has 1 atom stereocenters. The van der Waals surface area contributed by atoms with Gasteiger partial charge in [0.15, 0.2) is 0 Å². The van der Waals surface area contributed by atoms with Gasteiger partial charge in [-0.2, -0.15) is 0 Å². The fourth-order valence-corrected chi connectivity index (χ4v) is 2.83. The molecule has 0 radical (unpaired) electrons. The van der Waals surface area contributed by atoms with Gasteiger partial charge in [0.1, 0.15) is 6.04 Å². The zero-order valence-electron chi connectivity index (χ0n) is 13.9. The maximum atomic E-state index is 11.8. The Morgan fingerprint density at radius 3 is 2.60 bits per heavy atom. The van der Waals surface area contributed by atoms with E-state index in [1.165, 1.54) is 26.4 Å². The third kappa shape index (κ3) is 6.23. The van der Waals surface area contributed by atoms with Crippen LogP contribution in [0.4, 0.5) is 0 Å². The van der Waals surface area contributed by atoms with Crippen molar-refractivity contribution in [3.63, 3.8) is 0 Å². The molecule has 0 bridgehead atoms. The molecule has 1 rings (SSSR count). The highest BCUT2D eigenvalue weighted by atomic mass is 16.5. The molecule has 0 saturated carbocycles. The summed E-state index contributed by atoms with van der Waals surface area (Å²) in [6.45, 7) is 12.1. The van der Waals surface area contributed by atoms with Crippen LogP contribution in [-0.4, -0.2) is 49.7 Å². The van der Waals surface area contributed by atoms with E-state index in [1.807, 2.05) is 0 Å². The second-order valence-electron chi connectivity index (χ2n) is 7.05. The Labute approximate surface area is 124 Å². The molecule has 1 fully saturated rings. The van der Waals surface area contributed by atoms with Crippen LogP contribution in [0.3, 0.4) is 0 Å². The first-order valence-corrected chi connectivity index (χ1v) is 7.90. The van der Waals surface area contributed by atoms with Crippen molar-refractivity contribution in [2.24, 2.45) is 5.41 Å². The van der Waals surface area contributed by atoms with Crippen LogP contribution in [0.5, 0.6) is 0 Å². The van der Waals surface area contributed by atoms with Crippen molar-refractivity contribution in [3.05, 3.63) is 0 Å². The lowest BCUT2D eigenvalue weighted by atomic mass is 9.85. The largest absolute Gasteiger partial charge is 0.468 e. The lowest BCUT2D eigenvalue weighted by Gasteiger charge is -2.25. The molecule has 1 N–H and O–H groups in total. The first-order valence-electron chi connectivity index (χ1n) is 7.90. The van der Waals surface area contributed by atoms with E-state index >= 15 is 0 Å². The zero-order chi connectivity index (χ0) is 15.2. The average Bonchev–Trinajstić information content (AvgIpc) is 2.54. The number of carbonyl (C=O) groups is 1. The smallest absolute Gasteiger partial charge is 0.322 e. The lowest BCUT2D eigenvalue weighted by molar-refractivity contribution is -0.143. The second kappa shape index (κ2) is 7.99. The molecule has 0 aromatic rings. The number of ether oxygens (including phenoxy) is 1. The number of nitrogens with one attached hydrogen (secondary N) is 1. The number of nitrogens with zero attached hydrogens (tertiary/aromatic N) is 1. The van der Waals surface area contributed by atoms with Crippen LogP contribution in [0.25, 0.3) is 0 Å². The molecule has 4 nitrogen and oxygen atoms in total. The van der Waals surface area contributed by atoms with Gasteiger partial charge in [-0.05, 0) is 44.2 Å². The highest BCUT2D eigenvalue weighted by Gasteiger charge is 2.25. The maximum Gasteiger partial charge on any atom is 0.322 e. The monoisotopic (exact) mass is 284 g/mol. The van der Waals surface area contributed by atoms with Gasteiger partial charge >= 0.3 is 5.97 Å². The first-order chi connectivity index (χ1) is 9.34. The average molecular weight is 284 g/mol. The molecule has 1 aliphatic heterocycles. The molecular weight excluding hydrogens is 252 g/mol. The highest BCUT2D eigenvalue weighted by molar-refractivity contribution is 5.75. The predicted octanol–water partition coefficient (Wildman–Crippen LogP) is 2.43. The zero-order valence-corrected chi connectivity index (χ0v) is 13.9. The molecule has 0 spiro atoms. The Hall–Kier alpha value is -0.610. The normalized spacial score (nSPS) is 21.5. The van der Waals surface area contributed by atoms with Gasteiger partial charge in [0.25, 0.3) is 0 Å². The van der Waals surface area contributed by atoms with Crippen molar-refractivity contribution in [2.75, 3.05) is 26.7 Å². The summed E-state index contributed by atoms with van der Waals surface area (Å²) >= 11 is 0. The molecule has 1 unspecified atom stereocenters. The summed E-state index contributed by atoms with van der Waals surface area (Å²) in [5.41, 5.74) is 0.465. The van der Waals surface area contributed by atoms with Gasteiger partial charge in [-0.1, -0.05) is 27.7 Å². The lowest BCUT2D eigenvalue weighted by Crippen LogP contribution is -2.44. The number of esters is 1. The molecule has 0 aromatic carbocycles. The number of hydrogen-bond donors (Lipinski definition) is 1. The fourth-order valence-electron chi connectivity index (χ4n) is 2.83. The minimum Gasteiger partial charge on any atom is -0.468 e. The van der Waals surface area contributed by atoms with Crippen LogP contribution in [-0.2, 0) is 9.53 Å². The van der Waals surface area contributed by atoms with Crippen LogP contribution in [0.2, 0.25) is 0 Å². The molecule has 20 heavy (non-hydrogen) atoms. The van der Waals surface area contributed by atoms with Crippen LogP contribution in [0.15, 0.2) is 0 Å². The number of methoxy groups -OCH3 is 1. The second-order valence-corrected chi connectivity index (χ2v) is 7.05. The van der Waals surface area contributed by atoms with Gasteiger partial charge < -0.3 is 15.0 Å². The van der Waals surface area contributed by atoms with Crippen molar-refractivity contribution in [3.8, 4) is 0 Å². The van der Waals surface area contributed by atoms with Gasteiger partial charge in [0.2, 0.25) is 0 Å². The highest BCUT2D eigenvalue weighted by Crippen LogP contribution is 2.29. The molecule has 4 heteroatoms. The van der Waals surface area contributed by atoms with E-state index in [4.69, 9.17) is 4.74 Å². The Balaban J connectivity index is 2.44. The van der Waals surface area contributed by atoms with Gasteiger partial charge in [0.05, 0.1) is 7.11 Å². The van der Waals surface area contributed by atoms with E-state index < -0.39 is 0 Å². The topological polar surface area (TPSA) is 41.6 Å². The summed E-state index contributed by atoms with van der Waals surface area (Å²) in [6.07, 6.45) is 4.63. The Bertz CT molecular complexity index is 303. The molecular formula is C16H32N2O2. The number of hydrogen-bond acceptors (Lipinski definition) is 4. The molecule has 0 aromatic heterocycles. The molecule has 1 aliphatic rings. The number of rotatable bonds is 6. The Kier molecular flexibility index (Phi) is 6.96. The summed E-state index contributed by atoms with van der Waals surface area (Å²) < 4.78 is 4.89. The van der Waals surface area contributed by atoms with E-state index in [1.54, 1.807) is 0 Å². The van der Waals surface area contributed by atoms with Crippen LogP contribution in [0.1, 0.15) is 53.4 Å². The molecule has 0 amide bonds. The van der Waals surface area contributed by atoms with Crippen molar-refractivity contribution < 1.29 is 9.53 Å². The third-order valence-corrected chi connectivity index (χ3v) is 4.19. The van der Waals surface area contributed by atoms with Gasteiger partial charge in [0, 0.05) is 12.6 Å². The summed E-state index contributed by atoms with van der Waals surface area (Å²) in [5, 5.41) is 3.30. The molecule has 1 heterocycles. The van der Waals surface area contributed by atoms with Crippen molar-refractivity contribution in [1.29, 1.82) is 0 Å². The van der Waals surface area contributed by atoms with Crippen LogP contribution < -0.4 is 5.32 Å². The van der Waals surface area contributed by atoms with Gasteiger partial charge in [-0.15, -0.1) is 0 Å². The van der Waals surface area contributed by atoms with Gasteiger partial charge in [-0.25, -0.2) is 0 Å². The first kappa shape index (κ1) is 17.4. The molecule has 1 saturated heterocycles. The van der Waals surface area contributed by atoms with Crippen molar-refractivity contribution in [1.82, 2.24) is 10.2 Å². The quantitative estimate of drug-likeness (QED) is 0.761. The summed E-state index contributed by atoms with van der Waals surface area (Å²) in [7, 11) is 1.46. The molecule has 0 aliphatic carbocycles. The SMILES string of the molecule is COC(=O)C(CCN1CCCC(C)(C)CC1)NC(C)C. The minimum atomic E-state index is -0.184. The summed E-state index contributed by atoms with van der Waals surface area (Å²) in [6, 6.07) is 0.110. The van der Waals surface area contributed by atoms with Crippen molar-refractivity contribution >= 4 is 5.97 Å². The van der Waals surface area contributed by atoms with E-state index in [0.717, 1.165) is 26.1 Å². The van der Waals surface area contributed by atoms with Gasteiger partial charge in [-0.3, -0.25) is 4.79 Å². The van der Waals surface area contributed by atoms with Crippen LogP contribution >= 0.6 is 0 Å². The standard InChI is InChI=1S/C16H32N2O2/c1-13(2)17-14(15(19)20-5)7-11-18-10-6-8-16(3,4)9-12-18/h13-14,17H,6-12H2,1-5H3. The minimum absolute atomic E-state index is 0.145. The fraction of sp³-hybridized carbons (Fsp3) is 0.938. The van der Waals surface area contributed by atoms with E-state index in [9.17, 15) is 4.79 Å². The Morgan fingerprint density at radius 1 is 1.30 bits per heavy atom. The number of carbonyl (C=O) groups excluding carboxylic acids is 1. The third-order valence-electron chi connectivity index (χ3n) is 4.19. The van der Waals surface area contributed by atoms with E-state index in [-0.39, 0.29) is 12.0 Å². The molecule has 118 valence electrons. The number of likely N-dealkylation sites (tertiary alicyclic amines) is 1. The summed E-state index contributed by atoms with van der Waals surface area (Å²) in [5.74, 6) is -0.145. The maximum absolute atomic E-state index is 11.8. The summed E-state index contributed by atoms with van der Waals surface area (Å²) in [4.78, 5) is 14.3. The Morgan fingerprint density at radius 2 is 2.00 bits per heavy atom. The van der Waals surface area contributed by atoms with E-state index in [2.05, 4.69) is 37.9 Å².